The SMILES string of the molecule is CCCn1ccnc(N(CC(=O)OC)CC(=O)OC)c1=O. The van der Waals surface area contributed by atoms with Crippen LogP contribution in [0.25, 0.3) is 0 Å². The summed E-state index contributed by atoms with van der Waals surface area (Å²) >= 11 is 0. The average Bonchev–Trinajstić information content (AvgIpc) is 2.48. The Bertz CT molecular complexity index is 537. The molecule has 0 N–H and O–H groups in total. The Morgan fingerprint density at radius 1 is 1.24 bits per heavy atom. The molecule has 116 valence electrons. The Labute approximate surface area is 122 Å². The van der Waals surface area contributed by atoms with Crippen molar-refractivity contribution in [3.05, 3.63) is 22.7 Å². The van der Waals surface area contributed by atoms with Crippen LogP contribution in [0.4, 0.5) is 5.82 Å². The van der Waals surface area contributed by atoms with Gasteiger partial charge in [0.2, 0.25) is 0 Å². The summed E-state index contributed by atoms with van der Waals surface area (Å²) in [6.07, 6.45) is 3.79. The molecule has 1 rings (SSSR count). The zero-order valence-corrected chi connectivity index (χ0v) is 12.4. The summed E-state index contributed by atoms with van der Waals surface area (Å²) in [5, 5.41) is 0. The van der Waals surface area contributed by atoms with Crippen LogP contribution in [0.2, 0.25) is 0 Å². The van der Waals surface area contributed by atoms with Gasteiger partial charge in [-0.15, -0.1) is 0 Å². The molecule has 0 unspecified atom stereocenters. The fraction of sp³-hybridized carbons (Fsp3) is 0.538. The van der Waals surface area contributed by atoms with Crippen LogP contribution >= 0.6 is 0 Å². The third kappa shape index (κ3) is 4.59. The predicted molar refractivity (Wildman–Crippen MR) is 75.0 cm³/mol. The van der Waals surface area contributed by atoms with Gasteiger partial charge in [0.25, 0.3) is 5.56 Å². The van der Waals surface area contributed by atoms with Gasteiger partial charge in [0.15, 0.2) is 5.82 Å². The van der Waals surface area contributed by atoms with E-state index in [0.29, 0.717) is 6.54 Å². The van der Waals surface area contributed by atoms with Crippen molar-refractivity contribution < 1.29 is 19.1 Å². The van der Waals surface area contributed by atoms with Crippen molar-refractivity contribution >= 4 is 17.8 Å². The zero-order valence-electron chi connectivity index (χ0n) is 12.4. The number of rotatable bonds is 7. The van der Waals surface area contributed by atoms with Gasteiger partial charge in [0.05, 0.1) is 14.2 Å². The number of carbonyl (C=O) groups is 2. The molecule has 8 heteroatoms. The first-order valence-electron chi connectivity index (χ1n) is 6.47. The maximum atomic E-state index is 12.3. The molecule has 0 aliphatic heterocycles. The molecule has 1 aromatic rings. The number of carbonyl (C=O) groups excluding carboxylic acids is 2. The van der Waals surface area contributed by atoms with Gasteiger partial charge in [-0.1, -0.05) is 6.92 Å². The largest absolute Gasteiger partial charge is 0.468 e. The van der Waals surface area contributed by atoms with E-state index in [9.17, 15) is 14.4 Å². The average molecular weight is 297 g/mol. The minimum Gasteiger partial charge on any atom is -0.468 e. The van der Waals surface area contributed by atoms with Crippen molar-refractivity contribution in [1.82, 2.24) is 9.55 Å². The van der Waals surface area contributed by atoms with Crippen molar-refractivity contribution in [2.75, 3.05) is 32.2 Å². The second-order valence-corrected chi connectivity index (χ2v) is 4.26. The number of esters is 2. The minimum absolute atomic E-state index is 0.0155. The van der Waals surface area contributed by atoms with E-state index < -0.39 is 11.9 Å². The molecule has 8 nitrogen and oxygen atoms in total. The third-order valence-electron chi connectivity index (χ3n) is 2.75. The molecular formula is C13H19N3O5. The lowest BCUT2D eigenvalue weighted by molar-refractivity contribution is -0.140. The number of aromatic nitrogens is 2. The first kappa shape index (κ1) is 16.7. The lowest BCUT2D eigenvalue weighted by Crippen LogP contribution is -2.40. The fourth-order valence-electron chi connectivity index (χ4n) is 1.72. The molecule has 0 aliphatic rings. The molecular weight excluding hydrogens is 278 g/mol. The lowest BCUT2D eigenvalue weighted by atomic mass is 10.4. The smallest absolute Gasteiger partial charge is 0.325 e. The van der Waals surface area contributed by atoms with Crippen LogP contribution in [-0.4, -0.2) is 48.8 Å². The Hall–Kier alpha value is -2.38. The number of anilines is 1. The van der Waals surface area contributed by atoms with Crippen LogP contribution in [0.5, 0.6) is 0 Å². The Morgan fingerprint density at radius 3 is 2.29 bits per heavy atom. The molecule has 0 amide bonds. The van der Waals surface area contributed by atoms with E-state index in [0.717, 1.165) is 6.42 Å². The molecule has 21 heavy (non-hydrogen) atoms. The molecule has 1 aromatic heterocycles. The third-order valence-corrected chi connectivity index (χ3v) is 2.75. The second-order valence-electron chi connectivity index (χ2n) is 4.26. The highest BCUT2D eigenvalue weighted by molar-refractivity contribution is 5.80. The maximum absolute atomic E-state index is 12.3. The summed E-state index contributed by atoms with van der Waals surface area (Å²) < 4.78 is 10.6. The molecule has 0 atom stereocenters. The van der Waals surface area contributed by atoms with Gasteiger partial charge < -0.3 is 18.9 Å². The zero-order chi connectivity index (χ0) is 15.8. The van der Waals surface area contributed by atoms with E-state index in [1.165, 1.54) is 29.9 Å². The molecule has 0 saturated carbocycles. The van der Waals surface area contributed by atoms with Gasteiger partial charge in [-0.2, -0.15) is 0 Å². The molecule has 0 radical (unpaired) electrons. The quantitative estimate of drug-likeness (QED) is 0.644. The molecule has 0 saturated heterocycles. The number of ether oxygens (including phenoxy) is 2. The highest BCUT2D eigenvalue weighted by Gasteiger charge is 2.20. The summed E-state index contributed by atoms with van der Waals surface area (Å²) in [4.78, 5) is 40.4. The molecule has 0 aromatic carbocycles. The van der Waals surface area contributed by atoms with Gasteiger partial charge in [-0.05, 0) is 6.42 Å². The van der Waals surface area contributed by atoms with Gasteiger partial charge in [0.1, 0.15) is 13.1 Å². The van der Waals surface area contributed by atoms with E-state index in [-0.39, 0.29) is 24.5 Å². The summed E-state index contributed by atoms with van der Waals surface area (Å²) in [6, 6.07) is 0. The maximum Gasteiger partial charge on any atom is 0.325 e. The van der Waals surface area contributed by atoms with Gasteiger partial charge >= 0.3 is 11.9 Å². The number of nitrogens with zero attached hydrogens (tertiary/aromatic N) is 3. The van der Waals surface area contributed by atoms with Gasteiger partial charge in [-0.25, -0.2) is 4.98 Å². The van der Waals surface area contributed by atoms with E-state index in [4.69, 9.17) is 0 Å². The first-order chi connectivity index (χ1) is 10.0. The van der Waals surface area contributed by atoms with Gasteiger partial charge in [-0.3, -0.25) is 14.4 Å². The van der Waals surface area contributed by atoms with Crippen LogP contribution in [0.15, 0.2) is 17.2 Å². The van der Waals surface area contributed by atoms with Crippen LogP contribution in [0, 0.1) is 0 Å². The Morgan fingerprint density at radius 2 is 1.81 bits per heavy atom. The molecule has 0 bridgehead atoms. The number of hydrogen-bond donors (Lipinski definition) is 0. The van der Waals surface area contributed by atoms with Crippen molar-refractivity contribution in [2.24, 2.45) is 0 Å². The van der Waals surface area contributed by atoms with E-state index in [2.05, 4.69) is 14.5 Å². The molecule has 0 aliphatic carbocycles. The van der Waals surface area contributed by atoms with Crippen LogP contribution < -0.4 is 10.5 Å². The topological polar surface area (TPSA) is 90.7 Å². The number of methoxy groups -OCH3 is 2. The fourth-order valence-corrected chi connectivity index (χ4v) is 1.72. The first-order valence-corrected chi connectivity index (χ1v) is 6.47. The standard InChI is InChI=1S/C13H19N3O5/c1-4-6-15-7-5-14-12(13(15)19)16(8-10(17)20-2)9-11(18)21-3/h5,7H,4,6,8-9H2,1-3H3. The minimum atomic E-state index is -0.578. The Kier molecular flexibility index (Phi) is 6.38. The van der Waals surface area contributed by atoms with E-state index in [1.807, 2.05) is 6.92 Å². The van der Waals surface area contributed by atoms with E-state index >= 15 is 0 Å². The summed E-state index contributed by atoms with van der Waals surface area (Å²) in [7, 11) is 2.46. The summed E-state index contributed by atoms with van der Waals surface area (Å²) in [5.41, 5.74) is -0.368. The number of aryl methyl sites for hydroxylation is 1. The van der Waals surface area contributed by atoms with E-state index in [1.54, 1.807) is 6.20 Å². The van der Waals surface area contributed by atoms with Crippen molar-refractivity contribution in [1.29, 1.82) is 0 Å². The molecule has 0 spiro atoms. The molecule has 1 heterocycles. The summed E-state index contributed by atoms with van der Waals surface area (Å²) in [6.45, 7) is 1.94. The van der Waals surface area contributed by atoms with Crippen molar-refractivity contribution in [3.63, 3.8) is 0 Å². The van der Waals surface area contributed by atoms with Gasteiger partial charge in [0, 0.05) is 18.9 Å². The van der Waals surface area contributed by atoms with Crippen LogP contribution in [-0.2, 0) is 25.6 Å². The highest BCUT2D eigenvalue weighted by Crippen LogP contribution is 2.04. The normalized spacial score (nSPS) is 10.0. The summed E-state index contributed by atoms with van der Waals surface area (Å²) in [5.74, 6) is -1.14. The predicted octanol–water partition coefficient (Wildman–Crippen LogP) is -0.194. The number of hydrogen-bond acceptors (Lipinski definition) is 7. The second kappa shape index (κ2) is 8.03. The van der Waals surface area contributed by atoms with Crippen LogP contribution in [0.3, 0.4) is 0 Å². The van der Waals surface area contributed by atoms with Crippen LogP contribution in [0.1, 0.15) is 13.3 Å². The Balaban J connectivity index is 3.12. The molecule has 0 fully saturated rings. The van der Waals surface area contributed by atoms with Crippen molar-refractivity contribution in [2.45, 2.75) is 19.9 Å². The lowest BCUT2D eigenvalue weighted by Gasteiger charge is -2.20. The monoisotopic (exact) mass is 297 g/mol. The highest BCUT2D eigenvalue weighted by atomic mass is 16.5. The van der Waals surface area contributed by atoms with Crippen molar-refractivity contribution in [3.8, 4) is 0 Å².